The van der Waals surface area contributed by atoms with Crippen LogP contribution in [0.1, 0.15) is 22.8 Å². The van der Waals surface area contributed by atoms with E-state index in [2.05, 4.69) is 10.5 Å². The van der Waals surface area contributed by atoms with Gasteiger partial charge in [-0.2, -0.15) is 5.10 Å². The van der Waals surface area contributed by atoms with E-state index in [0.29, 0.717) is 28.0 Å². The van der Waals surface area contributed by atoms with Gasteiger partial charge in [-0.05, 0) is 43.3 Å². The van der Waals surface area contributed by atoms with Crippen molar-refractivity contribution in [3.05, 3.63) is 76.1 Å². The SMILES string of the molecule is COc1ccc2oc(=O)c(C(C)=NNC(=O)c3ccccc3)cc2c1. The number of nitrogens with zero attached hydrogens (tertiary/aromatic N) is 1. The van der Waals surface area contributed by atoms with Crippen molar-refractivity contribution in [1.29, 1.82) is 0 Å². The summed E-state index contributed by atoms with van der Waals surface area (Å²) in [5, 5.41) is 4.71. The molecule has 126 valence electrons. The molecule has 0 aliphatic heterocycles. The highest BCUT2D eigenvalue weighted by molar-refractivity contribution is 6.02. The Bertz CT molecular complexity index is 1010. The van der Waals surface area contributed by atoms with Crippen LogP contribution in [0.3, 0.4) is 0 Å². The van der Waals surface area contributed by atoms with Crippen molar-refractivity contribution in [2.75, 3.05) is 7.11 Å². The number of benzene rings is 2. The van der Waals surface area contributed by atoms with E-state index in [0.717, 1.165) is 0 Å². The summed E-state index contributed by atoms with van der Waals surface area (Å²) in [6.45, 7) is 1.63. The molecule has 25 heavy (non-hydrogen) atoms. The Morgan fingerprint density at radius 1 is 1.12 bits per heavy atom. The average molecular weight is 336 g/mol. The van der Waals surface area contributed by atoms with Crippen molar-refractivity contribution in [1.82, 2.24) is 5.43 Å². The van der Waals surface area contributed by atoms with Crippen LogP contribution in [0, 0.1) is 0 Å². The number of hydrogen-bond donors (Lipinski definition) is 1. The second-order valence-corrected chi connectivity index (χ2v) is 5.36. The van der Waals surface area contributed by atoms with Gasteiger partial charge >= 0.3 is 5.63 Å². The number of amides is 1. The molecule has 0 atom stereocenters. The molecule has 0 saturated heterocycles. The molecular formula is C19H16N2O4. The summed E-state index contributed by atoms with van der Waals surface area (Å²) >= 11 is 0. The second-order valence-electron chi connectivity index (χ2n) is 5.36. The van der Waals surface area contributed by atoms with E-state index < -0.39 is 5.63 Å². The molecule has 0 aliphatic rings. The van der Waals surface area contributed by atoms with Gasteiger partial charge in [0.2, 0.25) is 0 Å². The summed E-state index contributed by atoms with van der Waals surface area (Å²) in [6, 6.07) is 15.5. The molecule has 0 saturated carbocycles. The largest absolute Gasteiger partial charge is 0.497 e. The molecule has 1 amide bonds. The van der Waals surface area contributed by atoms with Gasteiger partial charge in [-0.25, -0.2) is 10.2 Å². The number of methoxy groups -OCH3 is 1. The van der Waals surface area contributed by atoms with Gasteiger partial charge in [0.05, 0.1) is 18.4 Å². The van der Waals surface area contributed by atoms with Crippen LogP contribution in [0.5, 0.6) is 5.75 Å². The lowest BCUT2D eigenvalue weighted by Gasteiger charge is -2.05. The molecule has 1 N–H and O–H groups in total. The lowest BCUT2D eigenvalue weighted by molar-refractivity contribution is 0.0955. The van der Waals surface area contributed by atoms with Gasteiger partial charge < -0.3 is 9.15 Å². The standard InChI is InChI=1S/C19H16N2O4/c1-12(20-21-18(22)13-6-4-3-5-7-13)16-11-14-10-15(24-2)8-9-17(14)25-19(16)23/h3-11H,1-2H3,(H,21,22). The minimum atomic E-state index is -0.520. The molecular weight excluding hydrogens is 320 g/mol. The van der Waals surface area contributed by atoms with Gasteiger partial charge in [0, 0.05) is 10.9 Å². The fourth-order valence-electron chi connectivity index (χ4n) is 2.33. The van der Waals surface area contributed by atoms with E-state index in [-0.39, 0.29) is 11.5 Å². The molecule has 0 fully saturated rings. The molecule has 3 rings (SSSR count). The van der Waals surface area contributed by atoms with E-state index in [1.807, 2.05) is 6.07 Å². The Hall–Kier alpha value is -3.41. The first-order chi connectivity index (χ1) is 12.1. The molecule has 0 aliphatic carbocycles. The van der Waals surface area contributed by atoms with Crippen LogP contribution < -0.4 is 15.8 Å². The van der Waals surface area contributed by atoms with Gasteiger partial charge in [0.1, 0.15) is 11.3 Å². The fourth-order valence-corrected chi connectivity index (χ4v) is 2.33. The lowest BCUT2D eigenvalue weighted by Crippen LogP contribution is -2.21. The zero-order valence-corrected chi connectivity index (χ0v) is 13.8. The van der Waals surface area contributed by atoms with E-state index >= 15 is 0 Å². The predicted molar refractivity (Wildman–Crippen MR) is 95.2 cm³/mol. The quantitative estimate of drug-likeness (QED) is 0.451. The molecule has 3 aromatic rings. The second kappa shape index (κ2) is 7.00. The summed E-state index contributed by atoms with van der Waals surface area (Å²) in [4.78, 5) is 24.2. The van der Waals surface area contributed by atoms with Gasteiger partial charge in [-0.3, -0.25) is 4.79 Å². The average Bonchev–Trinajstić information content (AvgIpc) is 2.65. The number of ether oxygens (including phenoxy) is 1. The Labute approximate surface area is 143 Å². The first-order valence-corrected chi connectivity index (χ1v) is 7.60. The molecule has 1 heterocycles. The number of rotatable bonds is 4. The highest BCUT2D eigenvalue weighted by Crippen LogP contribution is 2.20. The molecule has 0 unspecified atom stereocenters. The maximum atomic E-state index is 12.2. The van der Waals surface area contributed by atoms with Crippen molar-refractivity contribution >= 4 is 22.6 Å². The van der Waals surface area contributed by atoms with Crippen LogP contribution in [0.15, 0.2) is 68.9 Å². The maximum absolute atomic E-state index is 12.2. The monoisotopic (exact) mass is 336 g/mol. The minimum absolute atomic E-state index is 0.272. The molecule has 0 bridgehead atoms. The Balaban J connectivity index is 1.90. The zero-order chi connectivity index (χ0) is 17.8. The van der Waals surface area contributed by atoms with E-state index in [4.69, 9.17) is 9.15 Å². The van der Waals surface area contributed by atoms with E-state index in [9.17, 15) is 9.59 Å². The number of carbonyl (C=O) groups excluding carboxylic acids is 1. The third-order valence-corrected chi connectivity index (χ3v) is 3.69. The summed E-state index contributed by atoms with van der Waals surface area (Å²) in [5.74, 6) is 0.297. The van der Waals surface area contributed by atoms with Crippen molar-refractivity contribution in [3.8, 4) is 5.75 Å². The van der Waals surface area contributed by atoms with Crippen molar-refractivity contribution in [2.24, 2.45) is 5.10 Å². The molecule has 1 aromatic heterocycles. The van der Waals surface area contributed by atoms with Crippen molar-refractivity contribution in [2.45, 2.75) is 6.92 Å². The first-order valence-electron chi connectivity index (χ1n) is 7.60. The molecule has 0 spiro atoms. The summed E-state index contributed by atoms with van der Waals surface area (Å²) in [5.41, 5.74) is 3.48. The maximum Gasteiger partial charge on any atom is 0.345 e. The minimum Gasteiger partial charge on any atom is -0.497 e. The Morgan fingerprint density at radius 2 is 1.88 bits per heavy atom. The van der Waals surface area contributed by atoms with Gasteiger partial charge in [-0.15, -0.1) is 0 Å². The van der Waals surface area contributed by atoms with E-state index in [1.54, 1.807) is 62.6 Å². The Kier molecular flexibility index (Phi) is 4.61. The highest BCUT2D eigenvalue weighted by Gasteiger charge is 2.10. The topological polar surface area (TPSA) is 80.9 Å². The third-order valence-electron chi connectivity index (χ3n) is 3.69. The van der Waals surface area contributed by atoms with Gasteiger partial charge in [0.15, 0.2) is 0 Å². The van der Waals surface area contributed by atoms with Crippen LogP contribution in [0.25, 0.3) is 11.0 Å². The number of fused-ring (bicyclic) bond motifs is 1. The number of hydrazone groups is 1. The first kappa shape index (κ1) is 16.4. The predicted octanol–water partition coefficient (Wildman–Crippen LogP) is 2.96. The number of carbonyl (C=O) groups is 1. The number of hydrogen-bond acceptors (Lipinski definition) is 5. The zero-order valence-electron chi connectivity index (χ0n) is 13.8. The van der Waals surface area contributed by atoms with Gasteiger partial charge in [-0.1, -0.05) is 18.2 Å². The van der Waals surface area contributed by atoms with Crippen LogP contribution in [-0.2, 0) is 0 Å². The van der Waals surface area contributed by atoms with Gasteiger partial charge in [0.25, 0.3) is 5.91 Å². The van der Waals surface area contributed by atoms with Crippen LogP contribution >= 0.6 is 0 Å². The molecule has 6 heteroatoms. The summed E-state index contributed by atoms with van der Waals surface area (Å²) < 4.78 is 10.5. The molecule has 0 radical (unpaired) electrons. The summed E-state index contributed by atoms with van der Waals surface area (Å²) in [7, 11) is 1.56. The third kappa shape index (κ3) is 3.58. The number of nitrogens with one attached hydrogen (secondary N) is 1. The summed E-state index contributed by atoms with van der Waals surface area (Å²) in [6.07, 6.45) is 0. The molecule has 2 aromatic carbocycles. The van der Waals surface area contributed by atoms with Crippen molar-refractivity contribution < 1.29 is 13.9 Å². The lowest BCUT2D eigenvalue weighted by atomic mass is 10.1. The van der Waals surface area contributed by atoms with E-state index in [1.165, 1.54) is 0 Å². The Morgan fingerprint density at radius 3 is 2.60 bits per heavy atom. The highest BCUT2D eigenvalue weighted by atomic mass is 16.5. The van der Waals surface area contributed by atoms with Crippen LogP contribution in [0.4, 0.5) is 0 Å². The normalized spacial score (nSPS) is 11.4. The van der Waals surface area contributed by atoms with Crippen LogP contribution in [0.2, 0.25) is 0 Å². The smallest absolute Gasteiger partial charge is 0.345 e. The fraction of sp³-hybridized carbons (Fsp3) is 0.105. The van der Waals surface area contributed by atoms with Crippen molar-refractivity contribution in [3.63, 3.8) is 0 Å². The van der Waals surface area contributed by atoms with Crippen LogP contribution in [-0.4, -0.2) is 18.7 Å². The molecule has 6 nitrogen and oxygen atoms in total.